The maximum atomic E-state index is 12.6. The van der Waals surface area contributed by atoms with E-state index in [1.165, 1.54) is 384 Å². The number of esters is 2. The average Bonchev–Trinajstić information content (AvgIpc) is 4.12. The molecule has 0 N–H and O–H groups in total. The maximum Gasteiger partial charge on any atom is 0.317 e. The molecular formula is C86H166O3. The first-order chi connectivity index (χ1) is 43.5. The molecule has 0 aromatic carbocycles. The van der Waals surface area contributed by atoms with Crippen LogP contribution < -0.4 is 0 Å². The van der Waals surface area contributed by atoms with Gasteiger partial charge in [0.2, 0.25) is 0 Å². The highest BCUT2D eigenvalue weighted by molar-refractivity contribution is 5.94. The van der Waals surface area contributed by atoms with Crippen LogP contribution in [0.3, 0.4) is 0 Å². The number of hydrogen-bond donors (Lipinski definition) is 0. The van der Waals surface area contributed by atoms with Gasteiger partial charge in [-0.3, -0.25) is 9.59 Å². The van der Waals surface area contributed by atoms with Crippen LogP contribution >= 0.6 is 0 Å². The van der Waals surface area contributed by atoms with Gasteiger partial charge >= 0.3 is 11.9 Å². The lowest BCUT2D eigenvalue weighted by Crippen LogP contribution is -2.15. The van der Waals surface area contributed by atoms with Crippen LogP contribution in [0.5, 0.6) is 0 Å². The van der Waals surface area contributed by atoms with Gasteiger partial charge in [-0.15, -0.1) is 0 Å². The second-order valence-corrected chi connectivity index (χ2v) is 30.6. The third kappa shape index (κ3) is 58.9. The summed E-state index contributed by atoms with van der Waals surface area (Å²) in [7, 11) is 0. The second-order valence-electron chi connectivity index (χ2n) is 30.6. The summed E-state index contributed by atoms with van der Waals surface area (Å²) in [4.78, 5) is 24.5. The lowest BCUT2D eigenvalue weighted by atomic mass is 9.78. The highest BCUT2D eigenvalue weighted by atomic mass is 16.6. The zero-order valence-electron chi connectivity index (χ0n) is 63.1. The largest absolute Gasteiger partial charge is 0.393 e. The van der Waals surface area contributed by atoms with E-state index in [0.29, 0.717) is 5.92 Å². The predicted molar refractivity (Wildman–Crippen MR) is 400 cm³/mol. The molecule has 1 rings (SSSR count). The van der Waals surface area contributed by atoms with Gasteiger partial charge < -0.3 is 4.74 Å². The van der Waals surface area contributed by atoms with Crippen LogP contribution in [0.1, 0.15) is 474 Å². The summed E-state index contributed by atoms with van der Waals surface area (Å²) in [6, 6.07) is 0. The SMILES string of the molecule is C=C(CCCCCCCC)CC(CCCCCCCC)CC(CCCCCCCC)CC(C)CCCCCCCC.CCCCCCC/C=C(/CC(CCCCCCCC)CC(CCCCCCCC)CC(C)CCCCCCCC)CC1CC(=O)OC1=O. The maximum absolute atomic E-state index is 12.6. The fraction of sp³-hybridized carbons (Fsp3) is 0.930. The van der Waals surface area contributed by atoms with Gasteiger partial charge in [-0.25, -0.2) is 0 Å². The van der Waals surface area contributed by atoms with Gasteiger partial charge in [0.25, 0.3) is 0 Å². The third-order valence-electron chi connectivity index (χ3n) is 21.0. The molecule has 0 aromatic rings. The topological polar surface area (TPSA) is 43.4 Å². The van der Waals surface area contributed by atoms with E-state index in [-0.39, 0.29) is 24.3 Å². The van der Waals surface area contributed by atoms with Crippen LogP contribution in [0, 0.1) is 41.4 Å². The molecular weight excluding hydrogens is 1080 g/mol. The van der Waals surface area contributed by atoms with Gasteiger partial charge in [-0.1, -0.05) is 421 Å². The van der Waals surface area contributed by atoms with Crippen molar-refractivity contribution in [2.75, 3.05) is 0 Å². The molecule has 0 spiro atoms. The lowest BCUT2D eigenvalue weighted by molar-refractivity contribution is -0.153. The van der Waals surface area contributed by atoms with Crippen LogP contribution in [-0.4, -0.2) is 11.9 Å². The van der Waals surface area contributed by atoms with Crippen molar-refractivity contribution in [3.63, 3.8) is 0 Å². The van der Waals surface area contributed by atoms with Crippen molar-refractivity contribution < 1.29 is 14.3 Å². The number of carbonyl (C=O) groups excluding carboxylic acids is 2. The van der Waals surface area contributed by atoms with Crippen LogP contribution in [0.4, 0.5) is 0 Å². The smallest absolute Gasteiger partial charge is 0.317 e. The highest BCUT2D eigenvalue weighted by Crippen LogP contribution is 2.37. The summed E-state index contributed by atoms with van der Waals surface area (Å²) in [5.41, 5.74) is 3.02. The Labute approximate surface area is 562 Å². The van der Waals surface area contributed by atoms with E-state index in [0.717, 1.165) is 48.9 Å². The third-order valence-corrected chi connectivity index (χ3v) is 21.0. The van der Waals surface area contributed by atoms with Crippen molar-refractivity contribution >= 4 is 11.9 Å². The van der Waals surface area contributed by atoms with Gasteiger partial charge in [-0.05, 0) is 106 Å². The Morgan fingerprint density at radius 2 is 0.663 bits per heavy atom. The van der Waals surface area contributed by atoms with Crippen LogP contribution in [-0.2, 0) is 14.3 Å². The molecule has 0 radical (unpaired) electrons. The summed E-state index contributed by atoms with van der Waals surface area (Å²) < 4.78 is 5.00. The Kier molecular flexibility index (Phi) is 67.0. The van der Waals surface area contributed by atoms with Crippen molar-refractivity contribution in [2.45, 2.75) is 474 Å². The van der Waals surface area contributed by atoms with Crippen molar-refractivity contribution in [3.8, 4) is 0 Å². The first kappa shape index (κ1) is 87.6. The average molecular weight is 1250 g/mol. The zero-order valence-corrected chi connectivity index (χ0v) is 63.1. The molecule has 1 fully saturated rings. The van der Waals surface area contributed by atoms with Gasteiger partial charge in [0.15, 0.2) is 0 Å². The van der Waals surface area contributed by atoms with E-state index in [9.17, 15) is 9.59 Å². The van der Waals surface area contributed by atoms with Crippen molar-refractivity contribution in [2.24, 2.45) is 41.4 Å². The summed E-state index contributed by atoms with van der Waals surface area (Å²) in [6.45, 7) is 28.3. The number of carbonyl (C=O) groups is 2. The zero-order chi connectivity index (χ0) is 65.3. The van der Waals surface area contributed by atoms with Gasteiger partial charge in [0.05, 0.1) is 12.3 Å². The molecule has 3 heteroatoms. The van der Waals surface area contributed by atoms with Crippen LogP contribution in [0.2, 0.25) is 0 Å². The molecule has 1 aliphatic heterocycles. The monoisotopic (exact) mass is 1250 g/mol. The highest BCUT2D eigenvalue weighted by Gasteiger charge is 2.34. The van der Waals surface area contributed by atoms with E-state index in [4.69, 9.17) is 4.74 Å². The summed E-state index contributed by atoms with van der Waals surface area (Å²) in [5, 5.41) is 0. The number of hydrogen-bond acceptors (Lipinski definition) is 3. The molecule has 0 saturated carbocycles. The van der Waals surface area contributed by atoms with E-state index < -0.39 is 0 Å². The van der Waals surface area contributed by atoms with Crippen molar-refractivity contribution in [1.29, 1.82) is 0 Å². The van der Waals surface area contributed by atoms with Crippen LogP contribution in [0.15, 0.2) is 23.8 Å². The summed E-state index contributed by atoms with van der Waals surface area (Å²) in [6.07, 6.45) is 88.0. The molecule has 3 nitrogen and oxygen atoms in total. The molecule has 0 bridgehead atoms. The van der Waals surface area contributed by atoms with Crippen molar-refractivity contribution in [1.82, 2.24) is 0 Å². The van der Waals surface area contributed by atoms with Gasteiger partial charge in [0, 0.05) is 0 Å². The quantitative estimate of drug-likeness (QED) is 0.0264. The molecule has 1 saturated heterocycles. The number of unbranched alkanes of at least 4 members (excludes halogenated alkanes) is 40. The molecule has 1 heterocycles. The Hall–Kier alpha value is -1.38. The van der Waals surface area contributed by atoms with Gasteiger partial charge in [0.1, 0.15) is 0 Å². The molecule has 0 aromatic heterocycles. The summed E-state index contributed by atoms with van der Waals surface area (Å²) in [5.74, 6) is 4.17. The van der Waals surface area contributed by atoms with E-state index in [2.05, 4.69) is 81.9 Å². The minimum absolute atomic E-state index is 0.269. The predicted octanol–water partition coefficient (Wildman–Crippen LogP) is 30.6. The summed E-state index contributed by atoms with van der Waals surface area (Å²) >= 11 is 0. The van der Waals surface area contributed by atoms with E-state index in [1.54, 1.807) is 5.57 Å². The number of ether oxygens (including phenoxy) is 1. The molecule has 89 heavy (non-hydrogen) atoms. The molecule has 0 aliphatic carbocycles. The second kappa shape index (κ2) is 68.0. The molecule has 7 atom stereocenters. The van der Waals surface area contributed by atoms with Gasteiger partial charge in [-0.2, -0.15) is 0 Å². The minimum Gasteiger partial charge on any atom is -0.393 e. The first-order valence-corrected chi connectivity index (χ1v) is 41.6. The molecule has 528 valence electrons. The Morgan fingerprint density at radius 1 is 0.371 bits per heavy atom. The first-order valence-electron chi connectivity index (χ1n) is 41.6. The van der Waals surface area contributed by atoms with Crippen molar-refractivity contribution in [3.05, 3.63) is 23.8 Å². The standard InChI is InChI=1S/C45H84O3.C41H82/c1-6-10-14-18-22-26-30-39(5)34-40(31-27-23-19-15-11-7-2)35-41(32-28-24-20-16-12-8-3)36-42(33-29-25-21-17-13-9-4)37-43-38-44(46)48-45(43)47;1-7-11-15-19-23-27-31-38(5)35-40(33-29-25-21-17-13-9-3)37-41(34-30-26-22-18-14-10-4)36-39(6)32-28-24-20-16-12-8-2/h33,39-41,43H,6-32,34-38H2,1-5H3;39-41H,5,7-37H2,1-4,6H3/b42-33-;. The van der Waals surface area contributed by atoms with E-state index in [1.807, 2.05) is 0 Å². The Balaban J connectivity index is 0.00000176. The number of rotatable bonds is 69. The lowest BCUT2D eigenvalue weighted by Gasteiger charge is -2.28. The molecule has 0 amide bonds. The number of allylic oxidation sites excluding steroid dienone is 3. The normalized spacial score (nSPS) is 15.7. The number of cyclic esters (lactones) is 2. The Bertz CT molecular complexity index is 1510. The van der Waals surface area contributed by atoms with Crippen LogP contribution in [0.25, 0.3) is 0 Å². The Morgan fingerprint density at radius 3 is 1.00 bits per heavy atom. The fourth-order valence-electron chi connectivity index (χ4n) is 15.3. The van der Waals surface area contributed by atoms with E-state index >= 15 is 0 Å². The molecule has 7 unspecified atom stereocenters. The minimum atomic E-state index is -0.328. The molecule has 1 aliphatic rings. The fourth-order valence-corrected chi connectivity index (χ4v) is 15.3.